The van der Waals surface area contributed by atoms with Gasteiger partial charge in [-0.1, -0.05) is 39.0 Å². The minimum Gasteiger partial charge on any atom is -0.381 e. The van der Waals surface area contributed by atoms with E-state index in [2.05, 4.69) is 12.2 Å². The Bertz CT molecular complexity index is 207. The van der Waals surface area contributed by atoms with Crippen molar-refractivity contribution in [2.45, 2.75) is 70.8 Å². The highest BCUT2D eigenvalue weighted by atomic mass is 16.5. The Kier molecular flexibility index (Phi) is 6.50. The van der Waals surface area contributed by atoms with Crippen LogP contribution in [0.1, 0.15) is 64.7 Å². The fraction of sp³-hybridized carbons (Fsp3) is 1.00. The molecule has 1 saturated heterocycles. The largest absolute Gasteiger partial charge is 0.381 e. The molecule has 2 aliphatic rings. The van der Waals surface area contributed by atoms with Crippen molar-refractivity contribution in [2.75, 3.05) is 19.8 Å². The summed E-state index contributed by atoms with van der Waals surface area (Å²) in [4.78, 5) is 0. The molecule has 2 unspecified atom stereocenters. The first-order chi connectivity index (χ1) is 8.90. The first kappa shape index (κ1) is 14.3. The summed E-state index contributed by atoms with van der Waals surface area (Å²) in [5, 5.41) is 3.81. The molecule has 0 aromatic carbocycles. The van der Waals surface area contributed by atoms with E-state index in [0.717, 1.165) is 25.0 Å². The molecule has 1 heterocycles. The summed E-state index contributed by atoms with van der Waals surface area (Å²) in [6.45, 7) is 5.42. The number of hydrogen-bond acceptors (Lipinski definition) is 2. The van der Waals surface area contributed by atoms with Gasteiger partial charge < -0.3 is 10.1 Å². The van der Waals surface area contributed by atoms with Gasteiger partial charge >= 0.3 is 0 Å². The van der Waals surface area contributed by atoms with Crippen molar-refractivity contribution in [1.82, 2.24) is 5.32 Å². The summed E-state index contributed by atoms with van der Waals surface area (Å²) < 4.78 is 5.69. The molecule has 1 aliphatic heterocycles. The molecule has 0 amide bonds. The lowest BCUT2D eigenvalue weighted by molar-refractivity contribution is 0.0341. The number of nitrogens with one attached hydrogen (secondary N) is 1. The van der Waals surface area contributed by atoms with Gasteiger partial charge in [0.05, 0.1) is 6.61 Å². The summed E-state index contributed by atoms with van der Waals surface area (Å²) in [6.07, 6.45) is 12.6. The zero-order valence-electron chi connectivity index (χ0n) is 12.1. The lowest BCUT2D eigenvalue weighted by Crippen LogP contribution is -2.42. The molecule has 2 fully saturated rings. The Labute approximate surface area is 113 Å². The van der Waals surface area contributed by atoms with Crippen LogP contribution >= 0.6 is 0 Å². The normalized spacial score (nSPS) is 28.2. The SMILES string of the molecule is CCCNC(CC1CCCCC1)C1CCCOC1. The minimum atomic E-state index is 0.716. The topological polar surface area (TPSA) is 21.3 Å². The van der Waals surface area contributed by atoms with Gasteiger partial charge in [0.15, 0.2) is 0 Å². The van der Waals surface area contributed by atoms with E-state index in [4.69, 9.17) is 4.74 Å². The second-order valence-electron chi connectivity index (χ2n) is 6.28. The lowest BCUT2D eigenvalue weighted by atomic mass is 9.80. The van der Waals surface area contributed by atoms with Crippen LogP contribution in [0.15, 0.2) is 0 Å². The van der Waals surface area contributed by atoms with Crippen LogP contribution in [-0.4, -0.2) is 25.8 Å². The van der Waals surface area contributed by atoms with E-state index < -0.39 is 0 Å². The average Bonchev–Trinajstić information content (AvgIpc) is 2.45. The van der Waals surface area contributed by atoms with Gasteiger partial charge in [-0.3, -0.25) is 0 Å². The van der Waals surface area contributed by atoms with Crippen molar-refractivity contribution >= 4 is 0 Å². The molecule has 0 radical (unpaired) electrons. The third-order valence-corrected chi connectivity index (χ3v) is 4.73. The maximum Gasteiger partial charge on any atom is 0.0509 e. The Balaban J connectivity index is 1.82. The van der Waals surface area contributed by atoms with Crippen LogP contribution in [0.5, 0.6) is 0 Å². The van der Waals surface area contributed by atoms with Crippen LogP contribution in [-0.2, 0) is 4.74 Å². The van der Waals surface area contributed by atoms with Crippen LogP contribution in [0, 0.1) is 11.8 Å². The van der Waals surface area contributed by atoms with Crippen LogP contribution in [0.4, 0.5) is 0 Å². The molecular formula is C16H31NO. The second kappa shape index (κ2) is 8.16. The van der Waals surface area contributed by atoms with E-state index >= 15 is 0 Å². The number of rotatable bonds is 6. The predicted molar refractivity (Wildman–Crippen MR) is 76.8 cm³/mol. The van der Waals surface area contributed by atoms with Crippen molar-refractivity contribution in [3.63, 3.8) is 0 Å². The van der Waals surface area contributed by atoms with Crippen molar-refractivity contribution < 1.29 is 4.74 Å². The van der Waals surface area contributed by atoms with E-state index in [0.29, 0.717) is 6.04 Å². The molecule has 106 valence electrons. The standard InChI is InChI=1S/C16H31NO/c1-2-10-17-16(15-9-6-11-18-13-15)12-14-7-4-3-5-8-14/h14-17H,2-13H2,1H3. The third-order valence-electron chi connectivity index (χ3n) is 4.73. The zero-order valence-corrected chi connectivity index (χ0v) is 12.1. The molecular weight excluding hydrogens is 222 g/mol. The van der Waals surface area contributed by atoms with Gasteiger partial charge in [0.2, 0.25) is 0 Å². The van der Waals surface area contributed by atoms with E-state index in [1.54, 1.807) is 0 Å². The second-order valence-corrected chi connectivity index (χ2v) is 6.28. The fourth-order valence-corrected chi connectivity index (χ4v) is 3.64. The average molecular weight is 253 g/mol. The van der Waals surface area contributed by atoms with Crippen molar-refractivity contribution in [3.05, 3.63) is 0 Å². The summed E-state index contributed by atoms with van der Waals surface area (Å²) in [7, 11) is 0. The van der Waals surface area contributed by atoms with Crippen molar-refractivity contribution in [1.29, 1.82) is 0 Å². The molecule has 0 aromatic rings. The zero-order chi connectivity index (χ0) is 12.6. The van der Waals surface area contributed by atoms with E-state index in [9.17, 15) is 0 Å². The molecule has 0 aromatic heterocycles. The molecule has 2 rings (SSSR count). The van der Waals surface area contributed by atoms with Gasteiger partial charge in [0, 0.05) is 12.6 Å². The highest BCUT2D eigenvalue weighted by Gasteiger charge is 2.27. The van der Waals surface area contributed by atoms with Crippen LogP contribution in [0.2, 0.25) is 0 Å². The summed E-state index contributed by atoms with van der Waals surface area (Å²) in [5.41, 5.74) is 0. The van der Waals surface area contributed by atoms with Gasteiger partial charge in [-0.15, -0.1) is 0 Å². The first-order valence-corrected chi connectivity index (χ1v) is 8.21. The molecule has 18 heavy (non-hydrogen) atoms. The van der Waals surface area contributed by atoms with Crippen molar-refractivity contribution in [3.8, 4) is 0 Å². The van der Waals surface area contributed by atoms with Crippen molar-refractivity contribution in [2.24, 2.45) is 11.8 Å². The highest BCUT2D eigenvalue weighted by Crippen LogP contribution is 2.30. The van der Waals surface area contributed by atoms with Gasteiger partial charge in [-0.25, -0.2) is 0 Å². The molecule has 0 spiro atoms. The van der Waals surface area contributed by atoms with Gasteiger partial charge in [0.25, 0.3) is 0 Å². The van der Waals surface area contributed by atoms with Crippen LogP contribution in [0.25, 0.3) is 0 Å². The van der Waals surface area contributed by atoms with Crippen LogP contribution < -0.4 is 5.32 Å². The van der Waals surface area contributed by atoms with Gasteiger partial charge in [0.1, 0.15) is 0 Å². The molecule has 0 bridgehead atoms. The molecule has 2 atom stereocenters. The quantitative estimate of drug-likeness (QED) is 0.778. The van der Waals surface area contributed by atoms with Crippen LogP contribution in [0.3, 0.4) is 0 Å². The Hall–Kier alpha value is -0.0800. The van der Waals surface area contributed by atoms with E-state index in [1.807, 2.05) is 0 Å². The third kappa shape index (κ3) is 4.55. The molecule has 2 nitrogen and oxygen atoms in total. The smallest absolute Gasteiger partial charge is 0.0509 e. The highest BCUT2D eigenvalue weighted by molar-refractivity contribution is 4.82. The number of ether oxygens (including phenoxy) is 1. The monoisotopic (exact) mass is 253 g/mol. The molecule has 1 N–H and O–H groups in total. The number of hydrogen-bond donors (Lipinski definition) is 1. The van der Waals surface area contributed by atoms with Gasteiger partial charge in [-0.2, -0.15) is 0 Å². The Morgan fingerprint density at radius 3 is 2.61 bits per heavy atom. The lowest BCUT2D eigenvalue weighted by Gasteiger charge is -2.34. The summed E-state index contributed by atoms with van der Waals surface area (Å²) in [6, 6.07) is 0.716. The molecule has 2 heteroatoms. The minimum absolute atomic E-state index is 0.716. The van der Waals surface area contributed by atoms with Gasteiger partial charge in [-0.05, 0) is 44.1 Å². The Morgan fingerprint density at radius 2 is 1.94 bits per heavy atom. The Morgan fingerprint density at radius 1 is 1.11 bits per heavy atom. The predicted octanol–water partition coefficient (Wildman–Crippen LogP) is 3.75. The maximum atomic E-state index is 5.69. The first-order valence-electron chi connectivity index (χ1n) is 8.21. The summed E-state index contributed by atoms with van der Waals surface area (Å²) in [5.74, 6) is 1.75. The van der Waals surface area contributed by atoms with E-state index in [-0.39, 0.29) is 0 Å². The molecule has 1 saturated carbocycles. The fourth-order valence-electron chi connectivity index (χ4n) is 3.64. The van der Waals surface area contributed by atoms with E-state index in [1.165, 1.54) is 64.3 Å². The molecule has 1 aliphatic carbocycles. The summed E-state index contributed by atoms with van der Waals surface area (Å²) >= 11 is 0. The maximum absolute atomic E-state index is 5.69.